The molecule has 1 aliphatic carbocycles. The normalized spacial score (nSPS) is 28.0. The fourth-order valence-corrected chi connectivity index (χ4v) is 5.69. The summed E-state index contributed by atoms with van der Waals surface area (Å²) in [5.74, 6) is 3.55. The molecule has 4 heterocycles. The number of fused-ring (bicyclic) bond motifs is 1. The summed E-state index contributed by atoms with van der Waals surface area (Å²) in [6.45, 7) is 7.82. The summed E-state index contributed by atoms with van der Waals surface area (Å²) in [7, 11) is 1.96. The highest BCUT2D eigenvalue weighted by atomic mass is 16.5. The van der Waals surface area contributed by atoms with Crippen molar-refractivity contribution in [3.05, 3.63) is 30.2 Å². The number of rotatable bonds is 5. The topological polar surface area (TPSA) is 55.2 Å². The summed E-state index contributed by atoms with van der Waals surface area (Å²) >= 11 is 0. The summed E-state index contributed by atoms with van der Waals surface area (Å²) in [6, 6.07) is 4.84. The molecule has 0 bridgehead atoms. The Morgan fingerprint density at radius 2 is 1.90 bits per heavy atom. The van der Waals surface area contributed by atoms with E-state index in [1.54, 1.807) is 0 Å². The molecule has 3 atom stereocenters. The third-order valence-corrected chi connectivity index (χ3v) is 7.12. The summed E-state index contributed by atoms with van der Waals surface area (Å²) in [5.41, 5.74) is 3.34. The van der Waals surface area contributed by atoms with Gasteiger partial charge < -0.3 is 15.0 Å². The van der Waals surface area contributed by atoms with Crippen LogP contribution in [0, 0.1) is 24.7 Å². The average Bonchev–Trinajstić information content (AvgIpc) is 3.36. The Morgan fingerprint density at radius 1 is 1.14 bits per heavy atom. The van der Waals surface area contributed by atoms with Crippen LogP contribution in [0.5, 0.6) is 0 Å². The van der Waals surface area contributed by atoms with Crippen LogP contribution in [-0.2, 0) is 11.8 Å². The van der Waals surface area contributed by atoms with E-state index in [9.17, 15) is 0 Å². The standard InChI is InChI=1S/C23H33N5O/c1-16-22(15-27(2)26-16)18-3-4-23(24-11-18)25-21-9-19-13-28(14-20(19)10-21)12-17-5-7-29-8-6-17/h3-4,11,15,17,19-21H,5-10,12-14H2,1-2H3,(H,24,25)/t19-,20?,21?/m0/s1. The smallest absolute Gasteiger partial charge is 0.126 e. The predicted molar refractivity (Wildman–Crippen MR) is 115 cm³/mol. The second-order valence-electron chi connectivity index (χ2n) is 9.34. The van der Waals surface area contributed by atoms with Crippen molar-refractivity contribution in [3.63, 3.8) is 0 Å². The van der Waals surface area contributed by atoms with Crippen molar-refractivity contribution < 1.29 is 4.74 Å². The molecule has 2 aliphatic heterocycles. The summed E-state index contributed by atoms with van der Waals surface area (Å²) in [5, 5.41) is 8.13. The van der Waals surface area contributed by atoms with Gasteiger partial charge in [0.05, 0.1) is 5.69 Å². The van der Waals surface area contributed by atoms with Crippen molar-refractivity contribution in [2.75, 3.05) is 38.2 Å². The number of anilines is 1. The molecule has 6 nitrogen and oxygen atoms in total. The number of nitrogens with one attached hydrogen (secondary N) is 1. The van der Waals surface area contributed by atoms with E-state index in [0.29, 0.717) is 6.04 Å². The molecule has 2 saturated heterocycles. The molecule has 2 unspecified atom stereocenters. The molecule has 2 aromatic rings. The fraction of sp³-hybridized carbons (Fsp3) is 0.652. The number of hydrogen-bond acceptors (Lipinski definition) is 5. The maximum Gasteiger partial charge on any atom is 0.126 e. The van der Waals surface area contributed by atoms with Gasteiger partial charge in [0.2, 0.25) is 0 Å². The molecule has 156 valence electrons. The molecule has 0 aromatic carbocycles. The molecule has 1 N–H and O–H groups in total. The highest BCUT2D eigenvalue weighted by molar-refractivity contribution is 5.65. The Labute approximate surface area is 173 Å². The monoisotopic (exact) mass is 395 g/mol. The molecule has 0 amide bonds. The summed E-state index contributed by atoms with van der Waals surface area (Å²) < 4.78 is 7.37. The number of likely N-dealkylation sites (tertiary alicyclic amines) is 1. The maximum absolute atomic E-state index is 5.51. The third-order valence-electron chi connectivity index (χ3n) is 7.12. The van der Waals surface area contributed by atoms with Crippen molar-refractivity contribution >= 4 is 5.82 Å². The number of aryl methyl sites for hydroxylation is 2. The van der Waals surface area contributed by atoms with Crippen LogP contribution in [0.3, 0.4) is 0 Å². The molecule has 0 spiro atoms. The van der Waals surface area contributed by atoms with Crippen molar-refractivity contribution in [2.45, 2.75) is 38.6 Å². The van der Waals surface area contributed by atoms with E-state index >= 15 is 0 Å². The van der Waals surface area contributed by atoms with Gasteiger partial charge >= 0.3 is 0 Å². The molecule has 0 radical (unpaired) electrons. The quantitative estimate of drug-likeness (QED) is 0.842. The molecular weight excluding hydrogens is 362 g/mol. The second kappa shape index (κ2) is 8.07. The SMILES string of the molecule is Cc1nn(C)cc1-c1ccc(NC2CC3CN(CC4CCOCC4)C[C@@H]3C2)nc1. The average molecular weight is 396 g/mol. The Morgan fingerprint density at radius 3 is 2.52 bits per heavy atom. The number of aromatic nitrogens is 3. The minimum absolute atomic E-state index is 0.564. The van der Waals surface area contributed by atoms with Crippen LogP contribution in [0.1, 0.15) is 31.4 Å². The van der Waals surface area contributed by atoms with Gasteiger partial charge in [-0.2, -0.15) is 5.10 Å². The van der Waals surface area contributed by atoms with Crippen molar-refractivity contribution in [2.24, 2.45) is 24.8 Å². The van der Waals surface area contributed by atoms with Gasteiger partial charge in [-0.1, -0.05) is 0 Å². The van der Waals surface area contributed by atoms with Crippen LogP contribution in [0.15, 0.2) is 24.5 Å². The van der Waals surface area contributed by atoms with Gasteiger partial charge in [-0.05, 0) is 62.5 Å². The molecule has 3 aliphatic rings. The number of pyridine rings is 1. The molecule has 29 heavy (non-hydrogen) atoms. The predicted octanol–water partition coefficient (Wildman–Crippen LogP) is 3.34. The summed E-state index contributed by atoms with van der Waals surface area (Å²) in [4.78, 5) is 7.41. The minimum Gasteiger partial charge on any atom is -0.381 e. The van der Waals surface area contributed by atoms with E-state index in [2.05, 4.69) is 38.6 Å². The van der Waals surface area contributed by atoms with E-state index in [4.69, 9.17) is 4.74 Å². The van der Waals surface area contributed by atoms with Crippen LogP contribution >= 0.6 is 0 Å². The molecule has 5 rings (SSSR count). The fourth-order valence-electron chi connectivity index (χ4n) is 5.69. The van der Waals surface area contributed by atoms with E-state index in [1.807, 2.05) is 24.9 Å². The van der Waals surface area contributed by atoms with Gasteiger partial charge in [0, 0.05) is 69.5 Å². The first-order valence-corrected chi connectivity index (χ1v) is 11.2. The lowest BCUT2D eigenvalue weighted by molar-refractivity contribution is 0.0545. The first-order valence-electron chi connectivity index (χ1n) is 11.2. The van der Waals surface area contributed by atoms with Gasteiger partial charge in [0.25, 0.3) is 0 Å². The molecule has 2 aromatic heterocycles. The molecule has 6 heteroatoms. The van der Waals surface area contributed by atoms with Crippen LogP contribution in [0.25, 0.3) is 11.1 Å². The van der Waals surface area contributed by atoms with Gasteiger partial charge in [-0.15, -0.1) is 0 Å². The number of ether oxygens (including phenoxy) is 1. The van der Waals surface area contributed by atoms with Gasteiger partial charge in [-0.3, -0.25) is 4.68 Å². The van der Waals surface area contributed by atoms with Gasteiger partial charge in [0.15, 0.2) is 0 Å². The summed E-state index contributed by atoms with van der Waals surface area (Å²) in [6.07, 6.45) is 9.08. The van der Waals surface area contributed by atoms with E-state index in [1.165, 1.54) is 45.3 Å². The number of nitrogens with zero attached hydrogens (tertiary/aromatic N) is 4. The van der Waals surface area contributed by atoms with Crippen LogP contribution in [-0.4, -0.2) is 58.6 Å². The van der Waals surface area contributed by atoms with E-state index in [0.717, 1.165) is 53.6 Å². The molecule has 1 saturated carbocycles. The van der Waals surface area contributed by atoms with Gasteiger partial charge in [-0.25, -0.2) is 4.98 Å². The van der Waals surface area contributed by atoms with Crippen molar-refractivity contribution in [1.29, 1.82) is 0 Å². The zero-order chi connectivity index (χ0) is 19.8. The van der Waals surface area contributed by atoms with E-state index in [-0.39, 0.29) is 0 Å². The minimum atomic E-state index is 0.564. The highest BCUT2D eigenvalue weighted by Gasteiger charge is 2.41. The van der Waals surface area contributed by atoms with Crippen LogP contribution in [0.2, 0.25) is 0 Å². The number of hydrogen-bond donors (Lipinski definition) is 1. The van der Waals surface area contributed by atoms with Crippen molar-refractivity contribution in [3.8, 4) is 11.1 Å². The highest BCUT2D eigenvalue weighted by Crippen LogP contribution is 2.39. The van der Waals surface area contributed by atoms with Crippen LogP contribution in [0.4, 0.5) is 5.82 Å². The van der Waals surface area contributed by atoms with Gasteiger partial charge in [0.1, 0.15) is 5.82 Å². The lowest BCUT2D eigenvalue weighted by atomic mass is 10.00. The second-order valence-corrected chi connectivity index (χ2v) is 9.34. The zero-order valence-electron chi connectivity index (χ0n) is 17.7. The molecule has 3 fully saturated rings. The third kappa shape index (κ3) is 4.19. The molecular formula is C23H33N5O. The Kier molecular flexibility index (Phi) is 5.31. The Balaban J connectivity index is 1.13. The lowest BCUT2D eigenvalue weighted by Gasteiger charge is -2.27. The lowest BCUT2D eigenvalue weighted by Crippen LogP contribution is -2.32. The van der Waals surface area contributed by atoms with Crippen LogP contribution < -0.4 is 5.32 Å². The first-order chi connectivity index (χ1) is 14.1. The largest absolute Gasteiger partial charge is 0.381 e. The van der Waals surface area contributed by atoms with Crippen molar-refractivity contribution in [1.82, 2.24) is 19.7 Å². The van der Waals surface area contributed by atoms with E-state index < -0.39 is 0 Å². The zero-order valence-corrected chi connectivity index (χ0v) is 17.7. The first kappa shape index (κ1) is 19.1. The Hall–Kier alpha value is -1.92. The Bertz CT molecular complexity index is 812. The maximum atomic E-state index is 5.51.